The molecule has 1 saturated heterocycles. The molecule has 0 bridgehead atoms. The first-order chi connectivity index (χ1) is 18.7. The summed E-state index contributed by atoms with van der Waals surface area (Å²) in [5, 5.41) is 6.19. The maximum absolute atomic E-state index is 14.8. The zero-order valence-electron chi connectivity index (χ0n) is 21.9. The molecule has 2 aliphatic heterocycles. The molecule has 0 saturated carbocycles. The minimum atomic E-state index is -3.62. The number of rotatable bonds is 6. The lowest BCUT2D eigenvalue weighted by Gasteiger charge is -2.31. The summed E-state index contributed by atoms with van der Waals surface area (Å²) in [5.74, 6) is -4.72. The average molecular weight is 536 g/mol. The van der Waals surface area contributed by atoms with Gasteiger partial charge in [0.15, 0.2) is 5.82 Å². The maximum Gasteiger partial charge on any atom is 0.342 e. The second-order valence-corrected chi connectivity index (χ2v) is 9.78. The van der Waals surface area contributed by atoms with Crippen molar-refractivity contribution in [2.45, 2.75) is 31.7 Å². The van der Waals surface area contributed by atoms with Crippen molar-refractivity contribution in [1.29, 1.82) is 0 Å². The lowest BCUT2D eigenvalue weighted by atomic mass is 10.0. The minimum absolute atomic E-state index is 0.120. The molecule has 39 heavy (non-hydrogen) atoms. The molecule has 0 radical (unpaired) electrons. The van der Waals surface area contributed by atoms with Crippen molar-refractivity contribution in [2.75, 3.05) is 48.3 Å². The predicted octanol–water partition coefficient (Wildman–Crippen LogP) is 4.18. The fraction of sp³-hybridized carbons (Fsp3) is 0.357. The topological polar surface area (TPSA) is 93.7 Å². The van der Waals surface area contributed by atoms with Crippen LogP contribution < -0.4 is 20.4 Å². The highest BCUT2D eigenvalue weighted by Crippen LogP contribution is 2.39. The molecule has 5 rings (SSSR count). The Balaban J connectivity index is 1.34. The number of likely N-dealkylation sites (tertiary alicyclic amines) is 1. The molecular formula is C28H31F2N7O2. The molecule has 2 aliphatic rings. The van der Waals surface area contributed by atoms with E-state index in [1.54, 1.807) is 54.6 Å². The molecule has 0 spiro atoms. The van der Waals surface area contributed by atoms with Crippen molar-refractivity contribution in [1.82, 2.24) is 20.2 Å². The van der Waals surface area contributed by atoms with Crippen LogP contribution >= 0.6 is 0 Å². The Hall–Kier alpha value is -4.12. The van der Waals surface area contributed by atoms with Crippen molar-refractivity contribution >= 4 is 40.6 Å². The average Bonchev–Trinajstić information content (AvgIpc) is 3.03. The van der Waals surface area contributed by atoms with Gasteiger partial charge in [-0.05, 0) is 55.8 Å². The van der Waals surface area contributed by atoms with Gasteiger partial charge in [0.2, 0.25) is 5.95 Å². The zero-order valence-corrected chi connectivity index (χ0v) is 21.9. The van der Waals surface area contributed by atoms with Crippen molar-refractivity contribution in [3.8, 4) is 0 Å². The van der Waals surface area contributed by atoms with Crippen LogP contribution in [0.4, 0.5) is 37.6 Å². The SMILES string of the molecule is CCN1CCC(NC(=O)c2ccc(Nc3ncc4c(n3)N(c3ccccc3)CC(F)(F)C(=O)N4C)cc2)CC1. The minimum Gasteiger partial charge on any atom is -0.349 e. The van der Waals surface area contributed by atoms with E-state index in [1.165, 1.54) is 18.1 Å². The first-order valence-electron chi connectivity index (χ1n) is 13.0. The Labute approximate surface area is 225 Å². The molecule has 3 heterocycles. The van der Waals surface area contributed by atoms with Gasteiger partial charge in [-0.25, -0.2) is 4.98 Å². The van der Waals surface area contributed by atoms with Crippen LogP contribution in [-0.4, -0.2) is 71.9 Å². The first kappa shape index (κ1) is 26.5. The van der Waals surface area contributed by atoms with E-state index in [0.717, 1.165) is 37.4 Å². The highest BCUT2D eigenvalue weighted by molar-refractivity contribution is 6.02. The van der Waals surface area contributed by atoms with Gasteiger partial charge in [-0.2, -0.15) is 13.8 Å². The number of amides is 2. The molecule has 9 nitrogen and oxygen atoms in total. The highest BCUT2D eigenvalue weighted by Gasteiger charge is 2.47. The number of benzene rings is 2. The molecule has 0 aliphatic carbocycles. The Morgan fingerprint density at radius 2 is 1.77 bits per heavy atom. The number of nitrogens with one attached hydrogen (secondary N) is 2. The van der Waals surface area contributed by atoms with Crippen LogP contribution in [0, 0.1) is 0 Å². The van der Waals surface area contributed by atoms with Crippen LogP contribution in [0.5, 0.6) is 0 Å². The van der Waals surface area contributed by atoms with E-state index in [-0.39, 0.29) is 29.4 Å². The number of piperidine rings is 1. The van der Waals surface area contributed by atoms with Crippen LogP contribution in [0.25, 0.3) is 0 Å². The molecule has 204 valence electrons. The van der Waals surface area contributed by atoms with Crippen LogP contribution in [0.15, 0.2) is 60.8 Å². The van der Waals surface area contributed by atoms with Gasteiger partial charge in [-0.1, -0.05) is 25.1 Å². The third-order valence-electron chi connectivity index (χ3n) is 7.18. The highest BCUT2D eigenvalue weighted by atomic mass is 19.3. The zero-order chi connectivity index (χ0) is 27.6. The number of halogens is 2. The number of fused-ring (bicyclic) bond motifs is 1. The number of carbonyl (C=O) groups is 2. The van der Waals surface area contributed by atoms with E-state index < -0.39 is 18.4 Å². The number of para-hydroxylation sites is 1. The number of alkyl halides is 2. The summed E-state index contributed by atoms with van der Waals surface area (Å²) in [4.78, 5) is 38.6. The molecule has 3 aromatic rings. The number of hydrogen-bond acceptors (Lipinski definition) is 7. The molecule has 0 unspecified atom stereocenters. The molecule has 2 aromatic carbocycles. The Kier molecular flexibility index (Phi) is 7.42. The molecule has 11 heteroatoms. The van der Waals surface area contributed by atoms with E-state index in [9.17, 15) is 18.4 Å². The van der Waals surface area contributed by atoms with Gasteiger partial charge in [0.05, 0.1) is 12.7 Å². The summed E-state index contributed by atoms with van der Waals surface area (Å²) < 4.78 is 29.6. The van der Waals surface area contributed by atoms with E-state index >= 15 is 0 Å². The van der Waals surface area contributed by atoms with Gasteiger partial charge < -0.3 is 25.3 Å². The van der Waals surface area contributed by atoms with Crippen molar-refractivity contribution in [3.05, 3.63) is 66.4 Å². The van der Waals surface area contributed by atoms with E-state index in [4.69, 9.17) is 0 Å². The monoisotopic (exact) mass is 535 g/mol. The van der Waals surface area contributed by atoms with E-state index in [1.807, 2.05) is 0 Å². The fourth-order valence-corrected chi connectivity index (χ4v) is 4.88. The largest absolute Gasteiger partial charge is 0.349 e. The second kappa shape index (κ2) is 10.9. The number of aromatic nitrogens is 2. The number of nitrogens with zero attached hydrogens (tertiary/aromatic N) is 5. The molecule has 0 atom stereocenters. The predicted molar refractivity (Wildman–Crippen MR) is 146 cm³/mol. The molecule has 1 aromatic heterocycles. The van der Waals surface area contributed by atoms with Crippen molar-refractivity contribution in [2.24, 2.45) is 0 Å². The van der Waals surface area contributed by atoms with Gasteiger partial charge >= 0.3 is 5.92 Å². The maximum atomic E-state index is 14.8. The summed E-state index contributed by atoms with van der Waals surface area (Å²) in [5.41, 5.74) is 1.81. The lowest BCUT2D eigenvalue weighted by molar-refractivity contribution is -0.140. The Morgan fingerprint density at radius 3 is 2.44 bits per heavy atom. The van der Waals surface area contributed by atoms with Gasteiger partial charge in [-0.3, -0.25) is 9.59 Å². The summed E-state index contributed by atoms with van der Waals surface area (Å²) in [6, 6.07) is 15.7. The standard InChI is InChI=1S/C28H31F2N7O2/c1-3-36-15-13-21(14-16-36)32-25(38)19-9-11-20(12-10-19)33-27-31-17-23-24(34-27)37(22-7-5-4-6-8-22)18-28(29,30)26(39)35(23)2/h4-12,17,21H,3,13-16,18H2,1-2H3,(H,32,38)(H,31,33,34). The molecule has 2 amide bonds. The third kappa shape index (κ3) is 5.68. The second-order valence-electron chi connectivity index (χ2n) is 9.78. The summed E-state index contributed by atoms with van der Waals surface area (Å²) in [6.45, 7) is 4.27. The van der Waals surface area contributed by atoms with Crippen molar-refractivity contribution in [3.63, 3.8) is 0 Å². The summed E-state index contributed by atoms with van der Waals surface area (Å²) >= 11 is 0. The smallest absolute Gasteiger partial charge is 0.342 e. The number of hydrogen-bond donors (Lipinski definition) is 2. The summed E-state index contributed by atoms with van der Waals surface area (Å²) in [6.07, 6.45) is 3.22. The Bertz CT molecular complexity index is 1330. The number of carbonyl (C=O) groups excluding carboxylic acids is 2. The van der Waals surface area contributed by atoms with E-state index in [0.29, 0.717) is 16.9 Å². The van der Waals surface area contributed by atoms with Crippen LogP contribution in [-0.2, 0) is 4.79 Å². The summed E-state index contributed by atoms with van der Waals surface area (Å²) in [7, 11) is 1.29. The van der Waals surface area contributed by atoms with Gasteiger partial charge in [0.25, 0.3) is 11.8 Å². The molecule has 2 N–H and O–H groups in total. The normalized spacial score (nSPS) is 17.9. The van der Waals surface area contributed by atoms with Gasteiger partial charge in [0.1, 0.15) is 5.69 Å². The van der Waals surface area contributed by atoms with E-state index in [2.05, 4.69) is 32.4 Å². The quantitative estimate of drug-likeness (QED) is 0.489. The van der Waals surface area contributed by atoms with Crippen LogP contribution in [0.1, 0.15) is 30.1 Å². The van der Waals surface area contributed by atoms with Gasteiger partial charge in [0, 0.05) is 43.1 Å². The number of anilines is 5. The Morgan fingerprint density at radius 1 is 1.08 bits per heavy atom. The first-order valence-corrected chi connectivity index (χ1v) is 13.0. The fourth-order valence-electron chi connectivity index (χ4n) is 4.88. The van der Waals surface area contributed by atoms with Gasteiger partial charge in [-0.15, -0.1) is 0 Å². The molecular weight excluding hydrogens is 504 g/mol. The van der Waals surface area contributed by atoms with Crippen LogP contribution in [0.3, 0.4) is 0 Å². The third-order valence-corrected chi connectivity index (χ3v) is 7.18. The molecule has 1 fully saturated rings. The lowest BCUT2D eigenvalue weighted by Crippen LogP contribution is -2.45. The van der Waals surface area contributed by atoms with Crippen LogP contribution in [0.2, 0.25) is 0 Å². The van der Waals surface area contributed by atoms with Crippen molar-refractivity contribution < 1.29 is 18.4 Å².